The van der Waals surface area contributed by atoms with Gasteiger partial charge in [-0.2, -0.15) is 9.61 Å². The molecule has 4 aromatic rings. The van der Waals surface area contributed by atoms with Crippen molar-refractivity contribution in [2.45, 2.75) is 18.9 Å². The molecule has 9 nitrogen and oxygen atoms in total. The summed E-state index contributed by atoms with van der Waals surface area (Å²) in [4.78, 5) is 27.8. The molecule has 1 aliphatic rings. The van der Waals surface area contributed by atoms with E-state index in [1.807, 2.05) is 42.5 Å². The first-order valence-corrected chi connectivity index (χ1v) is 9.51. The maximum atomic E-state index is 12.4. The van der Waals surface area contributed by atoms with E-state index in [4.69, 9.17) is 5.10 Å². The maximum absolute atomic E-state index is 12.4. The minimum absolute atomic E-state index is 0.0969. The Balaban J connectivity index is 1.45. The number of pyridine rings is 1. The fraction of sp³-hybridized carbons (Fsp3) is 0.143. The lowest BCUT2D eigenvalue weighted by atomic mass is 10.1. The third-order valence-electron chi connectivity index (χ3n) is 4.94. The van der Waals surface area contributed by atoms with E-state index < -0.39 is 6.04 Å². The van der Waals surface area contributed by atoms with Gasteiger partial charge in [-0.3, -0.25) is 14.6 Å². The molecule has 5 rings (SSSR count). The van der Waals surface area contributed by atoms with E-state index in [2.05, 4.69) is 25.8 Å². The molecular formula is C21H17N7O2. The molecule has 9 heteroatoms. The highest BCUT2D eigenvalue weighted by atomic mass is 16.2. The first kappa shape index (κ1) is 17.9. The second kappa shape index (κ2) is 7.36. The molecule has 1 aromatic carbocycles. The van der Waals surface area contributed by atoms with Crippen LogP contribution in [0.4, 0.5) is 5.69 Å². The van der Waals surface area contributed by atoms with Crippen molar-refractivity contribution in [3.63, 3.8) is 0 Å². The maximum Gasteiger partial charge on any atom is 0.246 e. The van der Waals surface area contributed by atoms with Crippen LogP contribution in [0.5, 0.6) is 0 Å². The van der Waals surface area contributed by atoms with Crippen molar-refractivity contribution in [1.29, 1.82) is 0 Å². The molecule has 30 heavy (non-hydrogen) atoms. The Kier molecular flexibility index (Phi) is 4.40. The van der Waals surface area contributed by atoms with Gasteiger partial charge in [0.1, 0.15) is 6.04 Å². The van der Waals surface area contributed by atoms with Crippen molar-refractivity contribution in [3.05, 3.63) is 60.9 Å². The number of hydrogen-bond acceptors (Lipinski definition) is 6. The normalized spacial score (nSPS) is 15.9. The van der Waals surface area contributed by atoms with Crippen molar-refractivity contribution in [3.8, 4) is 22.6 Å². The predicted molar refractivity (Wildman–Crippen MR) is 109 cm³/mol. The molecule has 4 heterocycles. The molecule has 0 bridgehead atoms. The largest absolute Gasteiger partial charge is 0.344 e. The van der Waals surface area contributed by atoms with Gasteiger partial charge in [0.2, 0.25) is 11.8 Å². The molecule has 2 N–H and O–H groups in total. The summed E-state index contributed by atoms with van der Waals surface area (Å²) >= 11 is 0. The van der Waals surface area contributed by atoms with Crippen LogP contribution in [-0.4, -0.2) is 42.7 Å². The van der Waals surface area contributed by atoms with Crippen LogP contribution in [0.2, 0.25) is 0 Å². The number of amides is 2. The molecule has 148 valence electrons. The Bertz CT molecular complexity index is 1250. The van der Waals surface area contributed by atoms with Gasteiger partial charge in [0.15, 0.2) is 11.5 Å². The number of hydrogen-bond donors (Lipinski definition) is 2. The average molecular weight is 399 g/mol. The van der Waals surface area contributed by atoms with E-state index in [9.17, 15) is 9.59 Å². The average Bonchev–Trinajstić information content (AvgIpc) is 3.40. The first-order valence-electron chi connectivity index (χ1n) is 9.51. The van der Waals surface area contributed by atoms with Gasteiger partial charge in [-0.05, 0) is 42.8 Å². The lowest BCUT2D eigenvalue weighted by Gasteiger charge is -2.12. The Morgan fingerprint density at radius 3 is 2.73 bits per heavy atom. The number of carbonyl (C=O) groups is 2. The zero-order valence-corrected chi connectivity index (χ0v) is 15.8. The van der Waals surface area contributed by atoms with Crippen molar-refractivity contribution in [1.82, 2.24) is 30.1 Å². The zero-order valence-electron chi connectivity index (χ0n) is 15.8. The van der Waals surface area contributed by atoms with Crippen LogP contribution in [0.15, 0.2) is 60.9 Å². The summed E-state index contributed by atoms with van der Waals surface area (Å²) in [6.45, 7) is 0. The van der Waals surface area contributed by atoms with Crippen LogP contribution in [0.3, 0.4) is 0 Å². The van der Waals surface area contributed by atoms with E-state index >= 15 is 0 Å². The van der Waals surface area contributed by atoms with Gasteiger partial charge in [0, 0.05) is 35.6 Å². The van der Waals surface area contributed by atoms with Crippen LogP contribution in [-0.2, 0) is 9.59 Å². The van der Waals surface area contributed by atoms with Gasteiger partial charge in [0.25, 0.3) is 0 Å². The number of aromatic nitrogens is 5. The highest BCUT2D eigenvalue weighted by Gasteiger charge is 2.27. The number of carbonyl (C=O) groups excluding carboxylic acids is 2. The van der Waals surface area contributed by atoms with Gasteiger partial charge >= 0.3 is 0 Å². The Morgan fingerprint density at radius 1 is 1.07 bits per heavy atom. The van der Waals surface area contributed by atoms with E-state index in [-0.39, 0.29) is 11.8 Å². The predicted octanol–water partition coefficient (Wildman–Crippen LogP) is 2.07. The van der Waals surface area contributed by atoms with E-state index in [1.165, 1.54) is 0 Å². The molecule has 1 fully saturated rings. The van der Waals surface area contributed by atoms with Gasteiger partial charge < -0.3 is 10.6 Å². The topological polar surface area (TPSA) is 114 Å². The number of anilines is 1. The monoisotopic (exact) mass is 399 g/mol. The van der Waals surface area contributed by atoms with Crippen molar-refractivity contribution in [2.24, 2.45) is 0 Å². The Hall–Kier alpha value is -4.14. The highest BCUT2D eigenvalue weighted by Crippen LogP contribution is 2.23. The standard InChI is InChI=1S/C21H17N7O2/c29-19-7-5-17(24-19)21(30)23-15-3-1-2-14(12-15)16-4-6-18-25-26-20(28(18)27-16)13-8-10-22-11-9-13/h1-4,6,8-12,17H,5,7H2,(H,23,30)(H,24,29). The highest BCUT2D eigenvalue weighted by molar-refractivity contribution is 5.99. The minimum atomic E-state index is -0.490. The van der Waals surface area contributed by atoms with Crippen molar-refractivity contribution >= 4 is 23.1 Å². The number of nitrogens with one attached hydrogen (secondary N) is 2. The first-order chi connectivity index (χ1) is 14.7. The Labute approximate surface area is 171 Å². The molecule has 1 atom stereocenters. The van der Waals surface area contributed by atoms with Crippen LogP contribution in [0, 0.1) is 0 Å². The number of nitrogens with zero attached hydrogens (tertiary/aromatic N) is 5. The second-order valence-corrected chi connectivity index (χ2v) is 6.98. The molecule has 0 aliphatic carbocycles. The van der Waals surface area contributed by atoms with Crippen LogP contribution < -0.4 is 10.6 Å². The summed E-state index contributed by atoms with van der Waals surface area (Å²) in [6, 6.07) is 14.3. The lowest BCUT2D eigenvalue weighted by Crippen LogP contribution is -2.37. The molecule has 3 aromatic heterocycles. The van der Waals surface area contributed by atoms with Crippen LogP contribution >= 0.6 is 0 Å². The minimum Gasteiger partial charge on any atom is -0.344 e. The molecule has 0 saturated carbocycles. The molecular weight excluding hydrogens is 382 g/mol. The fourth-order valence-electron chi connectivity index (χ4n) is 3.42. The number of fused-ring (bicyclic) bond motifs is 1. The van der Waals surface area contributed by atoms with E-state index in [0.717, 1.165) is 11.1 Å². The summed E-state index contributed by atoms with van der Waals surface area (Å²) in [5.74, 6) is 0.302. The van der Waals surface area contributed by atoms with Crippen LogP contribution in [0.1, 0.15) is 12.8 Å². The fourth-order valence-corrected chi connectivity index (χ4v) is 3.42. The van der Waals surface area contributed by atoms with Gasteiger partial charge in [0.05, 0.1) is 5.69 Å². The summed E-state index contributed by atoms with van der Waals surface area (Å²) in [7, 11) is 0. The number of benzene rings is 1. The summed E-state index contributed by atoms with van der Waals surface area (Å²) < 4.78 is 1.68. The third-order valence-corrected chi connectivity index (χ3v) is 4.94. The number of rotatable bonds is 4. The van der Waals surface area contributed by atoms with Gasteiger partial charge in [-0.1, -0.05) is 12.1 Å². The van der Waals surface area contributed by atoms with Crippen molar-refractivity contribution < 1.29 is 9.59 Å². The quantitative estimate of drug-likeness (QED) is 0.543. The van der Waals surface area contributed by atoms with E-state index in [1.54, 1.807) is 23.0 Å². The SMILES string of the molecule is O=C1CCC(C(=O)Nc2cccc(-c3ccc4nnc(-c5ccncc5)n4n3)c2)N1. The zero-order chi connectivity index (χ0) is 20.5. The van der Waals surface area contributed by atoms with Crippen LogP contribution in [0.25, 0.3) is 28.3 Å². The summed E-state index contributed by atoms with van der Waals surface area (Å²) in [5.41, 5.74) is 3.68. The summed E-state index contributed by atoms with van der Waals surface area (Å²) in [6.07, 6.45) is 4.27. The van der Waals surface area contributed by atoms with Gasteiger partial charge in [-0.25, -0.2) is 0 Å². The molecule has 2 amide bonds. The Morgan fingerprint density at radius 2 is 1.93 bits per heavy atom. The van der Waals surface area contributed by atoms with Crippen molar-refractivity contribution in [2.75, 3.05) is 5.32 Å². The summed E-state index contributed by atoms with van der Waals surface area (Å²) in [5, 5.41) is 18.6. The molecule has 0 radical (unpaired) electrons. The molecule has 1 unspecified atom stereocenters. The molecule has 0 spiro atoms. The smallest absolute Gasteiger partial charge is 0.246 e. The lowest BCUT2D eigenvalue weighted by molar-refractivity contribution is -0.122. The molecule has 1 aliphatic heterocycles. The second-order valence-electron chi connectivity index (χ2n) is 6.98. The third kappa shape index (κ3) is 3.37. The molecule has 1 saturated heterocycles. The van der Waals surface area contributed by atoms with E-state index in [0.29, 0.717) is 35.7 Å². The van der Waals surface area contributed by atoms with Gasteiger partial charge in [-0.15, -0.1) is 10.2 Å².